The van der Waals surface area contributed by atoms with E-state index in [0.717, 1.165) is 19.3 Å². The molecule has 0 unspecified atom stereocenters. The predicted octanol–water partition coefficient (Wildman–Crippen LogP) is 3.37. The molecule has 2 aromatic carbocycles. The van der Waals surface area contributed by atoms with Crippen LogP contribution in [0.3, 0.4) is 0 Å². The average molecular weight is 417 g/mol. The minimum absolute atomic E-state index is 0.0188. The number of hydrogen-bond acceptors (Lipinski definition) is 6. The van der Waals surface area contributed by atoms with Gasteiger partial charge in [-0.25, -0.2) is 8.42 Å². The number of Topliss-reactive ketones (excluding diaryl/α,β-unsaturated/α-hetero) is 1. The number of carbonyl (C=O) groups excluding carboxylic acids is 1. The lowest BCUT2D eigenvalue weighted by molar-refractivity contribution is -0.385. The van der Waals surface area contributed by atoms with E-state index in [4.69, 9.17) is 0 Å². The number of ketones is 1. The van der Waals surface area contributed by atoms with Gasteiger partial charge in [0.25, 0.3) is 5.69 Å². The molecule has 29 heavy (non-hydrogen) atoms. The van der Waals surface area contributed by atoms with Gasteiger partial charge in [0.15, 0.2) is 5.78 Å². The molecule has 0 bridgehead atoms. The number of anilines is 1. The van der Waals surface area contributed by atoms with Crippen molar-refractivity contribution in [2.45, 2.75) is 31.1 Å². The largest absolute Gasteiger partial charge is 0.377 e. The van der Waals surface area contributed by atoms with Crippen molar-refractivity contribution in [1.29, 1.82) is 0 Å². The molecule has 0 amide bonds. The first-order chi connectivity index (χ1) is 13.8. The molecule has 1 aliphatic rings. The minimum atomic E-state index is -3.53. The average Bonchev–Trinajstić information content (AvgIpc) is 2.73. The molecule has 1 N–H and O–H groups in total. The van der Waals surface area contributed by atoms with E-state index >= 15 is 0 Å². The van der Waals surface area contributed by atoms with Crippen molar-refractivity contribution in [2.75, 3.05) is 25.0 Å². The highest BCUT2D eigenvalue weighted by molar-refractivity contribution is 7.89. The lowest BCUT2D eigenvalue weighted by Gasteiger charge is -2.25. The van der Waals surface area contributed by atoms with Gasteiger partial charge in [0, 0.05) is 36.0 Å². The Labute approximate surface area is 169 Å². The first-order valence-electron chi connectivity index (χ1n) is 9.41. The number of sulfonamides is 1. The van der Waals surface area contributed by atoms with Crippen molar-refractivity contribution in [1.82, 2.24) is 4.31 Å². The second kappa shape index (κ2) is 8.71. The first kappa shape index (κ1) is 20.9. The summed E-state index contributed by atoms with van der Waals surface area (Å²) in [6, 6.07) is 10.6. The van der Waals surface area contributed by atoms with Gasteiger partial charge in [-0.1, -0.05) is 12.5 Å². The Balaban J connectivity index is 1.66. The van der Waals surface area contributed by atoms with Gasteiger partial charge in [-0.3, -0.25) is 14.9 Å². The predicted molar refractivity (Wildman–Crippen MR) is 110 cm³/mol. The van der Waals surface area contributed by atoms with E-state index in [9.17, 15) is 23.3 Å². The molecular formula is C20H23N3O5S. The standard InChI is InChI=1S/C20H23N3O5S/c1-15-5-8-17(13-19(15)23(25)26)21-14-20(24)16-6-9-18(10-7-16)29(27,28)22-11-3-2-4-12-22/h5-10,13,21H,2-4,11-12,14H2,1H3. The Hall–Kier alpha value is -2.78. The van der Waals surface area contributed by atoms with E-state index in [-0.39, 0.29) is 22.9 Å². The molecule has 0 spiro atoms. The second-order valence-corrected chi connectivity index (χ2v) is 8.96. The smallest absolute Gasteiger partial charge is 0.274 e. The second-order valence-electron chi connectivity index (χ2n) is 7.02. The fraction of sp³-hybridized carbons (Fsp3) is 0.350. The number of benzene rings is 2. The van der Waals surface area contributed by atoms with E-state index in [2.05, 4.69) is 5.32 Å². The van der Waals surface area contributed by atoms with Gasteiger partial charge >= 0.3 is 0 Å². The molecule has 9 heteroatoms. The number of nitro groups is 1. The molecule has 1 fully saturated rings. The first-order valence-corrected chi connectivity index (χ1v) is 10.9. The lowest BCUT2D eigenvalue weighted by atomic mass is 10.1. The van der Waals surface area contributed by atoms with Crippen LogP contribution in [0.25, 0.3) is 0 Å². The molecule has 2 aromatic rings. The molecule has 3 rings (SSSR count). The Bertz CT molecular complexity index is 1010. The quantitative estimate of drug-likeness (QED) is 0.420. The van der Waals surface area contributed by atoms with Crippen LogP contribution in [0, 0.1) is 17.0 Å². The topological polar surface area (TPSA) is 110 Å². The van der Waals surface area contributed by atoms with Crippen LogP contribution in [0.15, 0.2) is 47.4 Å². The molecule has 0 saturated carbocycles. The summed E-state index contributed by atoms with van der Waals surface area (Å²) in [6.07, 6.45) is 2.76. The lowest BCUT2D eigenvalue weighted by Crippen LogP contribution is -2.35. The van der Waals surface area contributed by atoms with Gasteiger partial charge in [-0.15, -0.1) is 0 Å². The molecule has 154 valence electrons. The SMILES string of the molecule is Cc1ccc(NCC(=O)c2ccc(S(=O)(=O)N3CCCCC3)cc2)cc1[N+](=O)[O-]. The van der Waals surface area contributed by atoms with E-state index in [1.807, 2.05) is 0 Å². The summed E-state index contributed by atoms with van der Waals surface area (Å²) in [5.41, 5.74) is 1.36. The number of rotatable bonds is 7. The zero-order chi connectivity index (χ0) is 21.0. The summed E-state index contributed by atoms with van der Waals surface area (Å²) >= 11 is 0. The third-order valence-electron chi connectivity index (χ3n) is 4.99. The van der Waals surface area contributed by atoms with Gasteiger partial charge in [-0.2, -0.15) is 4.31 Å². The van der Waals surface area contributed by atoms with Crippen LogP contribution in [0.1, 0.15) is 35.2 Å². The number of carbonyl (C=O) groups is 1. The van der Waals surface area contributed by atoms with Crippen LogP contribution in [0.4, 0.5) is 11.4 Å². The third kappa shape index (κ3) is 4.80. The number of hydrogen-bond donors (Lipinski definition) is 1. The van der Waals surface area contributed by atoms with Gasteiger partial charge < -0.3 is 5.32 Å². The van der Waals surface area contributed by atoms with Crippen LogP contribution in [-0.4, -0.2) is 43.1 Å². The highest BCUT2D eigenvalue weighted by Gasteiger charge is 2.25. The van der Waals surface area contributed by atoms with Gasteiger partial charge in [0.2, 0.25) is 10.0 Å². The zero-order valence-corrected chi connectivity index (χ0v) is 16.9. The molecule has 8 nitrogen and oxygen atoms in total. The Morgan fingerprint density at radius 1 is 1.10 bits per heavy atom. The van der Waals surface area contributed by atoms with Crippen LogP contribution in [-0.2, 0) is 10.0 Å². The summed E-state index contributed by atoms with van der Waals surface area (Å²) in [4.78, 5) is 23.1. The molecule has 0 radical (unpaired) electrons. The van der Waals surface area contributed by atoms with E-state index in [1.165, 1.54) is 34.6 Å². The van der Waals surface area contributed by atoms with Crippen LogP contribution < -0.4 is 5.32 Å². The maximum atomic E-state index is 12.7. The highest BCUT2D eigenvalue weighted by atomic mass is 32.2. The molecule has 1 aliphatic heterocycles. The van der Waals surface area contributed by atoms with E-state index in [0.29, 0.717) is 29.9 Å². The Morgan fingerprint density at radius 2 is 1.76 bits per heavy atom. The Morgan fingerprint density at radius 3 is 2.38 bits per heavy atom. The molecular weight excluding hydrogens is 394 g/mol. The van der Waals surface area contributed by atoms with Crippen molar-refractivity contribution in [3.8, 4) is 0 Å². The minimum Gasteiger partial charge on any atom is -0.377 e. The van der Waals surface area contributed by atoms with Crippen molar-refractivity contribution in [3.05, 3.63) is 63.7 Å². The maximum Gasteiger partial charge on any atom is 0.274 e. The Kier molecular flexibility index (Phi) is 6.29. The molecule has 1 saturated heterocycles. The summed E-state index contributed by atoms with van der Waals surface area (Å²) < 4.78 is 26.8. The van der Waals surface area contributed by atoms with Crippen LogP contribution in [0.2, 0.25) is 0 Å². The zero-order valence-electron chi connectivity index (χ0n) is 16.1. The molecule has 0 aromatic heterocycles. The highest BCUT2D eigenvalue weighted by Crippen LogP contribution is 2.23. The number of aryl methyl sites for hydroxylation is 1. The van der Waals surface area contributed by atoms with Crippen molar-refractivity contribution in [2.24, 2.45) is 0 Å². The fourth-order valence-corrected chi connectivity index (χ4v) is 4.78. The van der Waals surface area contributed by atoms with Gasteiger partial charge in [-0.05, 0) is 50.1 Å². The summed E-state index contributed by atoms with van der Waals surface area (Å²) in [5.74, 6) is -0.241. The fourth-order valence-electron chi connectivity index (χ4n) is 3.27. The van der Waals surface area contributed by atoms with Crippen LogP contribution >= 0.6 is 0 Å². The van der Waals surface area contributed by atoms with E-state index < -0.39 is 14.9 Å². The number of nitro benzene ring substituents is 1. The normalized spacial score (nSPS) is 15.1. The third-order valence-corrected chi connectivity index (χ3v) is 6.90. The van der Waals surface area contributed by atoms with Gasteiger partial charge in [0.05, 0.1) is 16.4 Å². The number of nitrogens with zero attached hydrogens (tertiary/aromatic N) is 2. The summed E-state index contributed by atoms with van der Waals surface area (Å²) in [7, 11) is -3.53. The van der Waals surface area contributed by atoms with Crippen molar-refractivity contribution in [3.63, 3.8) is 0 Å². The summed E-state index contributed by atoms with van der Waals surface area (Å²) in [6.45, 7) is 2.64. The van der Waals surface area contributed by atoms with Crippen LogP contribution in [0.5, 0.6) is 0 Å². The number of piperidine rings is 1. The van der Waals surface area contributed by atoms with E-state index in [1.54, 1.807) is 19.1 Å². The monoisotopic (exact) mass is 417 g/mol. The van der Waals surface area contributed by atoms with Crippen molar-refractivity contribution < 1.29 is 18.1 Å². The van der Waals surface area contributed by atoms with Gasteiger partial charge in [0.1, 0.15) is 0 Å². The number of nitrogens with one attached hydrogen (secondary N) is 1. The molecule has 0 aliphatic carbocycles. The molecule has 0 atom stereocenters. The molecule has 1 heterocycles. The summed E-state index contributed by atoms with van der Waals surface area (Å²) in [5, 5.41) is 13.9. The maximum absolute atomic E-state index is 12.7. The van der Waals surface area contributed by atoms with Crippen molar-refractivity contribution >= 4 is 27.2 Å².